The van der Waals surface area contributed by atoms with E-state index in [1.54, 1.807) is 6.20 Å². The SMILES string of the molecule is CCc1c(C(=O)NCCN2CCc3ccccc3C2)cnn1Cc1ccccc1. The molecule has 1 amide bonds. The lowest BCUT2D eigenvalue weighted by Crippen LogP contribution is -2.38. The summed E-state index contributed by atoms with van der Waals surface area (Å²) in [5, 5.41) is 7.56. The van der Waals surface area contributed by atoms with Crippen LogP contribution in [0.1, 0.15) is 39.7 Å². The van der Waals surface area contributed by atoms with Gasteiger partial charge in [0, 0.05) is 26.2 Å². The van der Waals surface area contributed by atoms with Gasteiger partial charge in [-0.3, -0.25) is 14.4 Å². The van der Waals surface area contributed by atoms with Crippen LogP contribution in [0.2, 0.25) is 0 Å². The summed E-state index contributed by atoms with van der Waals surface area (Å²) in [5.74, 6) is -0.0291. The van der Waals surface area contributed by atoms with Gasteiger partial charge in [0.25, 0.3) is 5.91 Å². The second-order valence-corrected chi connectivity index (χ2v) is 7.55. The smallest absolute Gasteiger partial charge is 0.254 e. The van der Waals surface area contributed by atoms with Gasteiger partial charge in [-0.2, -0.15) is 5.10 Å². The molecular formula is C24H28N4O. The maximum atomic E-state index is 12.7. The number of fused-ring (bicyclic) bond motifs is 1. The second kappa shape index (κ2) is 9.05. The third-order valence-electron chi connectivity index (χ3n) is 5.63. The predicted molar refractivity (Wildman–Crippen MR) is 115 cm³/mol. The molecule has 2 aromatic carbocycles. The van der Waals surface area contributed by atoms with Crippen LogP contribution >= 0.6 is 0 Å². The first kappa shape index (κ1) is 19.4. The minimum absolute atomic E-state index is 0.0291. The third kappa shape index (κ3) is 4.57. The highest BCUT2D eigenvalue weighted by atomic mass is 16.1. The number of nitrogens with zero attached hydrogens (tertiary/aromatic N) is 3. The molecule has 0 unspecified atom stereocenters. The van der Waals surface area contributed by atoms with E-state index in [1.807, 2.05) is 22.9 Å². The van der Waals surface area contributed by atoms with E-state index in [1.165, 1.54) is 16.7 Å². The first-order chi connectivity index (χ1) is 14.2. The summed E-state index contributed by atoms with van der Waals surface area (Å²) < 4.78 is 1.94. The maximum Gasteiger partial charge on any atom is 0.254 e. The molecule has 0 atom stereocenters. The number of aromatic nitrogens is 2. The van der Waals surface area contributed by atoms with Gasteiger partial charge in [0.15, 0.2) is 0 Å². The highest BCUT2D eigenvalue weighted by Crippen LogP contribution is 2.18. The molecule has 150 valence electrons. The lowest BCUT2D eigenvalue weighted by Gasteiger charge is -2.28. The average molecular weight is 389 g/mol. The van der Waals surface area contributed by atoms with Gasteiger partial charge in [-0.25, -0.2) is 0 Å². The second-order valence-electron chi connectivity index (χ2n) is 7.55. The van der Waals surface area contributed by atoms with E-state index in [4.69, 9.17) is 0 Å². The van der Waals surface area contributed by atoms with Gasteiger partial charge in [0.1, 0.15) is 0 Å². The Labute approximate surface area is 172 Å². The lowest BCUT2D eigenvalue weighted by atomic mass is 10.00. The van der Waals surface area contributed by atoms with E-state index >= 15 is 0 Å². The van der Waals surface area contributed by atoms with Crippen LogP contribution in [0.25, 0.3) is 0 Å². The van der Waals surface area contributed by atoms with E-state index < -0.39 is 0 Å². The zero-order valence-electron chi connectivity index (χ0n) is 17.0. The number of benzene rings is 2. The molecule has 2 heterocycles. The van der Waals surface area contributed by atoms with Crippen LogP contribution in [0.3, 0.4) is 0 Å². The number of hydrogen-bond donors (Lipinski definition) is 1. The van der Waals surface area contributed by atoms with E-state index in [2.05, 4.69) is 58.6 Å². The Kier molecular flexibility index (Phi) is 6.06. The molecule has 0 saturated carbocycles. The molecule has 29 heavy (non-hydrogen) atoms. The number of nitrogens with one attached hydrogen (secondary N) is 1. The number of amides is 1. The van der Waals surface area contributed by atoms with Crippen molar-refractivity contribution in [3.05, 3.63) is 88.7 Å². The molecule has 5 heteroatoms. The molecule has 0 bridgehead atoms. The van der Waals surface area contributed by atoms with Crippen molar-refractivity contribution in [3.63, 3.8) is 0 Å². The lowest BCUT2D eigenvalue weighted by molar-refractivity contribution is 0.0946. The number of carbonyl (C=O) groups is 1. The first-order valence-corrected chi connectivity index (χ1v) is 10.4. The molecule has 0 fully saturated rings. The van der Waals surface area contributed by atoms with Crippen LogP contribution in [0.15, 0.2) is 60.8 Å². The molecule has 4 rings (SSSR count). The predicted octanol–water partition coefficient (Wildman–Crippen LogP) is 3.28. The van der Waals surface area contributed by atoms with E-state index in [9.17, 15) is 4.79 Å². The summed E-state index contributed by atoms with van der Waals surface area (Å²) in [6.45, 7) is 6.27. The topological polar surface area (TPSA) is 50.2 Å². The molecule has 0 aliphatic carbocycles. The van der Waals surface area contributed by atoms with Gasteiger partial charge in [-0.05, 0) is 29.5 Å². The Hall–Kier alpha value is -2.92. The summed E-state index contributed by atoms with van der Waals surface area (Å²) in [6.07, 6.45) is 3.56. The Morgan fingerprint density at radius 2 is 1.83 bits per heavy atom. The van der Waals surface area contributed by atoms with Crippen molar-refractivity contribution in [1.29, 1.82) is 0 Å². The van der Waals surface area contributed by atoms with Gasteiger partial charge in [0.05, 0.1) is 24.0 Å². The Bertz CT molecular complexity index is 964. The first-order valence-electron chi connectivity index (χ1n) is 10.4. The highest BCUT2D eigenvalue weighted by molar-refractivity contribution is 5.95. The zero-order chi connectivity index (χ0) is 20.1. The van der Waals surface area contributed by atoms with Crippen molar-refractivity contribution in [2.75, 3.05) is 19.6 Å². The van der Waals surface area contributed by atoms with Gasteiger partial charge in [-0.15, -0.1) is 0 Å². The number of rotatable bonds is 7. The molecule has 1 aromatic heterocycles. The van der Waals surface area contributed by atoms with Crippen LogP contribution in [-0.4, -0.2) is 40.2 Å². The number of hydrogen-bond acceptors (Lipinski definition) is 3. The molecular weight excluding hydrogens is 360 g/mol. The monoisotopic (exact) mass is 388 g/mol. The van der Waals surface area contributed by atoms with Crippen LogP contribution in [0, 0.1) is 0 Å². The van der Waals surface area contributed by atoms with Crippen molar-refractivity contribution in [2.45, 2.75) is 32.9 Å². The fourth-order valence-electron chi connectivity index (χ4n) is 4.03. The van der Waals surface area contributed by atoms with Crippen LogP contribution in [0.5, 0.6) is 0 Å². The van der Waals surface area contributed by atoms with Crippen molar-refractivity contribution in [1.82, 2.24) is 20.0 Å². The van der Waals surface area contributed by atoms with E-state index in [-0.39, 0.29) is 5.91 Å². The fourth-order valence-corrected chi connectivity index (χ4v) is 4.03. The van der Waals surface area contributed by atoms with Crippen LogP contribution < -0.4 is 5.32 Å². The molecule has 0 radical (unpaired) electrons. The minimum atomic E-state index is -0.0291. The minimum Gasteiger partial charge on any atom is -0.351 e. The van der Waals surface area contributed by atoms with E-state index in [0.717, 1.165) is 38.2 Å². The van der Waals surface area contributed by atoms with Crippen molar-refractivity contribution >= 4 is 5.91 Å². The van der Waals surface area contributed by atoms with Crippen molar-refractivity contribution < 1.29 is 4.79 Å². The number of carbonyl (C=O) groups excluding carboxylic acids is 1. The van der Waals surface area contributed by atoms with Gasteiger partial charge in [-0.1, -0.05) is 61.5 Å². The zero-order valence-corrected chi connectivity index (χ0v) is 17.0. The summed E-state index contributed by atoms with van der Waals surface area (Å²) in [6, 6.07) is 18.8. The normalized spacial score (nSPS) is 13.8. The summed E-state index contributed by atoms with van der Waals surface area (Å²) in [7, 11) is 0. The quantitative estimate of drug-likeness (QED) is 0.676. The van der Waals surface area contributed by atoms with Crippen molar-refractivity contribution in [3.8, 4) is 0 Å². The Morgan fingerprint density at radius 1 is 1.07 bits per heavy atom. The molecule has 0 saturated heterocycles. The molecule has 0 spiro atoms. The molecule has 5 nitrogen and oxygen atoms in total. The summed E-state index contributed by atoms with van der Waals surface area (Å²) in [4.78, 5) is 15.2. The largest absolute Gasteiger partial charge is 0.351 e. The molecule has 3 aromatic rings. The fraction of sp³-hybridized carbons (Fsp3) is 0.333. The molecule has 1 N–H and O–H groups in total. The van der Waals surface area contributed by atoms with E-state index in [0.29, 0.717) is 18.7 Å². The maximum absolute atomic E-state index is 12.7. The van der Waals surface area contributed by atoms with Gasteiger partial charge >= 0.3 is 0 Å². The summed E-state index contributed by atoms with van der Waals surface area (Å²) >= 11 is 0. The van der Waals surface area contributed by atoms with Crippen molar-refractivity contribution in [2.24, 2.45) is 0 Å². The van der Waals surface area contributed by atoms with Gasteiger partial charge < -0.3 is 5.32 Å². The average Bonchev–Trinajstić information content (AvgIpc) is 3.17. The Balaban J connectivity index is 1.33. The summed E-state index contributed by atoms with van der Waals surface area (Å²) in [5.41, 5.74) is 5.71. The van der Waals surface area contributed by atoms with Crippen LogP contribution in [0.4, 0.5) is 0 Å². The molecule has 1 aliphatic rings. The highest BCUT2D eigenvalue weighted by Gasteiger charge is 2.18. The van der Waals surface area contributed by atoms with Gasteiger partial charge in [0.2, 0.25) is 0 Å². The third-order valence-corrected chi connectivity index (χ3v) is 5.63. The molecule has 1 aliphatic heterocycles. The Morgan fingerprint density at radius 3 is 2.62 bits per heavy atom. The standard InChI is InChI=1S/C24H28N4O/c1-2-23-22(16-26-28(23)17-19-8-4-3-5-9-19)24(29)25-13-15-27-14-12-20-10-6-7-11-21(20)18-27/h3-11,16H,2,12-15,17-18H2,1H3,(H,25,29). The van der Waals surface area contributed by atoms with Crippen LogP contribution in [-0.2, 0) is 25.9 Å².